The van der Waals surface area contributed by atoms with Crippen LogP contribution < -0.4 is 0 Å². The molecule has 0 amide bonds. The summed E-state index contributed by atoms with van der Waals surface area (Å²) < 4.78 is 5.08. The van der Waals surface area contributed by atoms with E-state index in [-0.39, 0.29) is 0 Å². The number of hydrogen-bond acceptors (Lipinski definition) is 2. The first-order valence-electron chi connectivity index (χ1n) is 4.00. The number of thiophene rings is 2. The molecule has 70 valence electrons. The van der Waals surface area contributed by atoms with Gasteiger partial charge < -0.3 is 0 Å². The predicted octanol–water partition coefficient (Wildman–Crippen LogP) is 5.64. The summed E-state index contributed by atoms with van der Waals surface area (Å²) in [6.45, 7) is 0. The molecule has 2 heterocycles. The standard InChI is InChI=1S/C10H4Br2S2/c11-9-3-5-1-7-6(2-8(5)14-9)4-10(12)13-7/h1-4H. The van der Waals surface area contributed by atoms with E-state index >= 15 is 0 Å². The van der Waals surface area contributed by atoms with Crippen LogP contribution >= 0.6 is 54.5 Å². The van der Waals surface area contributed by atoms with Crippen molar-refractivity contribution in [3.63, 3.8) is 0 Å². The second kappa shape index (κ2) is 3.30. The summed E-state index contributed by atoms with van der Waals surface area (Å²) in [6.07, 6.45) is 0. The fourth-order valence-electron chi connectivity index (χ4n) is 1.51. The molecule has 3 aromatic rings. The first-order valence-corrected chi connectivity index (χ1v) is 7.22. The summed E-state index contributed by atoms with van der Waals surface area (Å²) in [6, 6.07) is 8.85. The highest BCUT2D eigenvalue weighted by Crippen LogP contribution is 2.37. The van der Waals surface area contributed by atoms with Crippen LogP contribution in [0.2, 0.25) is 0 Å². The third kappa shape index (κ3) is 1.45. The van der Waals surface area contributed by atoms with E-state index in [1.165, 1.54) is 27.7 Å². The van der Waals surface area contributed by atoms with Crippen molar-refractivity contribution in [2.45, 2.75) is 0 Å². The summed E-state index contributed by atoms with van der Waals surface area (Å²) in [4.78, 5) is 0. The molecule has 2 aromatic heterocycles. The zero-order valence-electron chi connectivity index (χ0n) is 6.88. The molecule has 4 heteroatoms. The van der Waals surface area contributed by atoms with Crippen molar-refractivity contribution in [1.29, 1.82) is 0 Å². The molecule has 0 saturated heterocycles. The normalized spacial score (nSPS) is 11.6. The Morgan fingerprint density at radius 2 is 1.14 bits per heavy atom. The Morgan fingerprint density at radius 3 is 1.57 bits per heavy atom. The van der Waals surface area contributed by atoms with Crippen LogP contribution in [0.4, 0.5) is 0 Å². The lowest BCUT2D eigenvalue weighted by Crippen LogP contribution is -1.61. The topological polar surface area (TPSA) is 0 Å². The van der Waals surface area contributed by atoms with Crippen molar-refractivity contribution in [2.75, 3.05) is 0 Å². The van der Waals surface area contributed by atoms with Crippen molar-refractivity contribution in [1.82, 2.24) is 0 Å². The molecule has 0 N–H and O–H groups in total. The van der Waals surface area contributed by atoms with E-state index in [4.69, 9.17) is 0 Å². The maximum Gasteiger partial charge on any atom is 0.0711 e. The van der Waals surface area contributed by atoms with Crippen LogP contribution in [0.5, 0.6) is 0 Å². The van der Waals surface area contributed by atoms with Crippen molar-refractivity contribution in [3.05, 3.63) is 31.8 Å². The molecule has 0 bridgehead atoms. The molecule has 0 aliphatic rings. The van der Waals surface area contributed by atoms with Crippen molar-refractivity contribution >= 4 is 74.7 Å². The first kappa shape index (κ1) is 9.33. The number of benzene rings is 1. The summed E-state index contributed by atoms with van der Waals surface area (Å²) in [5, 5.41) is 2.65. The SMILES string of the molecule is Brc1cc2cc3sc(Br)cc3cc2s1. The highest BCUT2D eigenvalue weighted by molar-refractivity contribution is 9.11. The zero-order valence-corrected chi connectivity index (χ0v) is 11.7. The quantitative estimate of drug-likeness (QED) is 0.493. The van der Waals surface area contributed by atoms with Crippen LogP contribution in [0.15, 0.2) is 31.8 Å². The summed E-state index contributed by atoms with van der Waals surface area (Å²) in [7, 11) is 0. The fourth-order valence-corrected chi connectivity index (χ4v) is 4.68. The van der Waals surface area contributed by atoms with Crippen molar-refractivity contribution in [3.8, 4) is 0 Å². The van der Waals surface area contributed by atoms with Gasteiger partial charge in [0.15, 0.2) is 0 Å². The minimum atomic E-state index is 1.20. The van der Waals surface area contributed by atoms with Gasteiger partial charge in [-0.25, -0.2) is 0 Å². The van der Waals surface area contributed by atoms with E-state index in [1.807, 2.05) is 0 Å². The van der Waals surface area contributed by atoms with Gasteiger partial charge in [0.1, 0.15) is 0 Å². The molecule has 0 unspecified atom stereocenters. The molecule has 3 rings (SSSR count). The largest absolute Gasteiger partial charge is 0.128 e. The molecule has 0 spiro atoms. The summed E-state index contributed by atoms with van der Waals surface area (Å²) in [5.41, 5.74) is 0. The molecule has 1 aromatic carbocycles. The van der Waals surface area contributed by atoms with Crippen molar-refractivity contribution < 1.29 is 0 Å². The Kier molecular flexibility index (Phi) is 2.20. The van der Waals surface area contributed by atoms with Gasteiger partial charge in [-0.05, 0) is 66.9 Å². The fraction of sp³-hybridized carbons (Fsp3) is 0. The maximum atomic E-state index is 3.51. The molecule has 0 saturated carbocycles. The van der Waals surface area contributed by atoms with Crippen LogP contribution in [0.3, 0.4) is 0 Å². The predicted molar refractivity (Wildman–Crippen MR) is 72.6 cm³/mol. The highest BCUT2D eigenvalue weighted by Gasteiger charge is 2.04. The van der Waals surface area contributed by atoms with Gasteiger partial charge in [0.25, 0.3) is 0 Å². The lowest BCUT2D eigenvalue weighted by molar-refractivity contribution is 2.00. The summed E-state index contributed by atoms with van der Waals surface area (Å²) in [5.74, 6) is 0. The van der Waals surface area contributed by atoms with E-state index in [9.17, 15) is 0 Å². The molecular weight excluding hydrogens is 344 g/mol. The van der Waals surface area contributed by atoms with Gasteiger partial charge in [-0.15, -0.1) is 22.7 Å². The third-order valence-electron chi connectivity index (χ3n) is 2.10. The molecule has 0 radical (unpaired) electrons. The van der Waals surface area contributed by atoms with Crippen LogP contribution in [0.25, 0.3) is 20.2 Å². The zero-order chi connectivity index (χ0) is 9.71. The summed E-state index contributed by atoms with van der Waals surface area (Å²) >= 11 is 10.6. The molecule has 14 heavy (non-hydrogen) atoms. The van der Waals surface area contributed by atoms with E-state index in [0.717, 1.165) is 0 Å². The minimum Gasteiger partial charge on any atom is -0.128 e. The van der Waals surface area contributed by atoms with Gasteiger partial charge >= 0.3 is 0 Å². The van der Waals surface area contributed by atoms with Gasteiger partial charge in [0, 0.05) is 9.40 Å². The van der Waals surface area contributed by atoms with E-state index in [2.05, 4.69) is 56.1 Å². The molecular formula is C10H4Br2S2. The molecule has 0 aliphatic carbocycles. The Bertz CT molecular complexity index is 519. The Hall–Kier alpha value is 0.1000. The second-order valence-electron chi connectivity index (χ2n) is 3.03. The maximum absolute atomic E-state index is 3.51. The number of rotatable bonds is 0. The van der Waals surface area contributed by atoms with E-state index in [1.54, 1.807) is 22.7 Å². The number of fused-ring (bicyclic) bond motifs is 2. The van der Waals surface area contributed by atoms with E-state index in [0.29, 0.717) is 0 Å². The van der Waals surface area contributed by atoms with Crippen LogP contribution in [-0.2, 0) is 0 Å². The van der Waals surface area contributed by atoms with E-state index < -0.39 is 0 Å². The molecule has 0 atom stereocenters. The van der Waals surface area contributed by atoms with Gasteiger partial charge in [0.2, 0.25) is 0 Å². The Balaban J connectivity index is 2.49. The Morgan fingerprint density at radius 1 is 0.714 bits per heavy atom. The van der Waals surface area contributed by atoms with Gasteiger partial charge in [0.05, 0.1) is 7.57 Å². The highest BCUT2D eigenvalue weighted by atomic mass is 79.9. The van der Waals surface area contributed by atoms with Crippen LogP contribution in [0, 0.1) is 0 Å². The monoisotopic (exact) mass is 346 g/mol. The van der Waals surface area contributed by atoms with Crippen LogP contribution in [0.1, 0.15) is 0 Å². The average Bonchev–Trinajstić information content (AvgIpc) is 2.59. The average molecular weight is 348 g/mol. The van der Waals surface area contributed by atoms with Gasteiger partial charge in [-0.2, -0.15) is 0 Å². The lowest BCUT2D eigenvalue weighted by atomic mass is 10.2. The first-order chi connectivity index (χ1) is 6.72. The van der Waals surface area contributed by atoms with Gasteiger partial charge in [-0.1, -0.05) is 0 Å². The number of hydrogen-bond donors (Lipinski definition) is 0. The molecule has 0 fully saturated rings. The molecule has 0 nitrogen and oxygen atoms in total. The number of halogens is 2. The van der Waals surface area contributed by atoms with Crippen molar-refractivity contribution in [2.24, 2.45) is 0 Å². The van der Waals surface area contributed by atoms with Crippen LogP contribution in [-0.4, -0.2) is 0 Å². The second-order valence-corrected chi connectivity index (χ2v) is 7.95. The smallest absolute Gasteiger partial charge is 0.0711 e. The minimum absolute atomic E-state index is 1.20. The third-order valence-corrected chi connectivity index (χ3v) is 5.30. The Labute approximate surface area is 106 Å². The molecule has 0 aliphatic heterocycles. The lowest BCUT2D eigenvalue weighted by Gasteiger charge is -1.89. The van der Waals surface area contributed by atoms with Gasteiger partial charge in [-0.3, -0.25) is 0 Å².